The molecule has 0 aliphatic carbocycles. The molecule has 2 aromatic carbocycles. The van der Waals surface area contributed by atoms with Gasteiger partial charge in [-0.2, -0.15) is 5.10 Å². The van der Waals surface area contributed by atoms with E-state index in [0.29, 0.717) is 13.0 Å². The summed E-state index contributed by atoms with van der Waals surface area (Å²) in [7, 11) is 0. The topological polar surface area (TPSA) is 59.3 Å². The minimum atomic E-state index is -0.114. The van der Waals surface area contributed by atoms with E-state index in [0.717, 1.165) is 16.6 Å². The predicted molar refractivity (Wildman–Crippen MR) is 104 cm³/mol. The van der Waals surface area contributed by atoms with Gasteiger partial charge in [-0.25, -0.2) is 5.43 Å². The number of aryl methyl sites for hydroxylation is 1. The lowest BCUT2D eigenvalue weighted by atomic mass is 10.2. The van der Waals surface area contributed by atoms with Crippen molar-refractivity contribution in [2.45, 2.75) is 13.0 Å². The highest BCUT2D eigenvalue weighted by Crippen LogP contribution is 2.28. The highest BCUT2D eigenvalue weighted by molar-refractivity contribution is 6.08. The van der Waals surface area contributed by atoms with Crippen LogP contribution in [-0.2, 0) is 11.3 Å². The lowest BCUT2D eigenvalue weighted by Gasteiger charge is -2.06. The Morgan fingerprint density at radius 2 is 1.58 bits per heavy atom. The highest BCUT2D eigenvalue weighted by Gasteiger charge is 2.10. The van der Waals surface area contributed by atoms with Crippen molar-refractivity contribution in [1.82, 2.24) is 15.0 Å². The fourth-order valence-corrected chi connectivity index (χ4v) is 3.14. The van der Waals surface area contributed by atoms with Gasteiger partial charge in [0.1, 0.15) is 0 Å². The van der Waals surface area contributed by atoms with E-state index in [9.17, 15) is 4.79 Å². The Labute approximate surface area is 151 Å². The maximum absolute atomic E-state index is 12.2. The van der Waals surface area contributed by atoms with Crippen molar-refractivity contribution >= 4 is 33.9 Å². The molecule has 0 spiro atoms. The van der Waals surface area contributed by atoms with Gasteiger partial charge < -0.3 is 4.57 Å². The number of carbonyl (C=O) groups is 1. The van der Waals surface area contributed by atoms with Crippen LogP contribution in [0.5, 0.6) is 0 Å². The van der Waals surface area contributed by atoms with Crippen molar-refractivity contribution in [3.05, 3.63) is 78.6 Å². The number of nitrogens with one attached hydrogen (secondary N) is 1. The number of amides is 1. The van der Waals surface area contributed by atoms with E-state index < -0.39 is 0 Å². The molecule has 0 unspecified atom stereocenters. The Bertz CT molecular complexity index is 1030. The summed E-state index contributed by atoms with van der Waals surface area (Å²) in [5.74, 6) is -0.114. The first-order valence-corrected chi connectivity index (χ1v) is 8.51. The molecule has 26 heavy (non-hydrogen) atoms. The molecule has 4 aromatic rings. The van der Waals surface area contributed by atoms with Crippen LogP contribution < -0.4 is 5.43 Å². The quantitative estimate of drug-likeness (QED) is 0.444. The van der Waals surface area contributed by atoms with Crippen LogP contribution in [0.25, 0.3) is 21.8 Å². The minimum Gasteiger partial charge on any atom is -0.340 e. The lowest BCUT2D eigenvalue weighted by Crippen LogP contribution is -2.19. The SMILES string of the molecule is O=C(CCn1c2ccccc2c2ccccc21)N/N=C/c1ccncc1. The number of aromatic nitrogens is 2. The van der Waals surface area contributed by atoms with Crippen molar-refractivity contribution < 1.29 is 4.79 Å². The average Bonchev–Trinajstić information content (AvgIpc) is 3.01. The first-order chi connectivity index (χ1) is 12.8. The van der Waals surface area contributed by atoms with Gasteiger partial charge in [-0.1, -0.05) is 36.4 Å². The van der Waals surface area contributed by atoms with Gasteiger partial charge in [0.2, 0.25) is 5.91 Å². The van der Waals surface area contributed by atoms with Crippen LogP contribution in [0.2, 0.25) is 0 Å². The maximum atomic E-state index is 12.2. The zero-order valence-corrected chi connectivity index (χ0v) is 14.2. The summed E-state index contributed by atoms with van der Waals surface area (Å²) < 4.78 is 2.19. The fraction of sp³-hybridized carbons (Fsp3) is 0.0952. The van der Waals surface area contributed by atoms with E-state index in [1.807, 2.05) is 36.4 Å². The van der Waals surface area contributed by atoms with E-state index in [1.165, 1.54) is 10.8 Å². The summed E-state index contributed by atoms with van der Waals surface area (Å²) in [6.45, 7) is 0.602. The monoisotopic (exact) mass is 342 g/mol. The van der Waals surface area contributed by atoms with Gasteiger partial charge >= 0.3 is 0 Å². The third kappa shape index (κ3) is 3.19. The molecule has 0 bridgehead atoms. The molecule has 0 aliphatic heterocycles. The number of para-hydroxylation sites is 2. The molecule has 0 fully saturated rings. The number of nitrogens with zero attached hydrogens (tertiary/aromatic N) is 3. The summed E-state index contributed by atoms with van der Waals surface area (Å²) in [6, 6.07) is 20.2. The summed E-state index contributed by atoms with van der Waals surface area (Å²) in [5.41, 5.74) is 5.76. The fourth-order valence-electron chi connectivity index (χ4n) is 3.14. The number of hydrogen-bond donors (Lipinski definition) is 1. The van der Waals surface area contributed by atoms with Gasteiger partial charge in [0, 0.05) is 47.2 Å². The first kappa shape index (κ1) is 16.0. The number of rotatable bonds is 5. The molecule has 2 heterocycles. The molecule has 0 aliphatic rings. The summed E-state index contributed by atoms with van der Waals surface area (Å²) >= 11 is 0. The number of hydrogen-bond acceptors (Lipinski definition) is 3. The maximum Gasteiger partial charge on any atom is 0.241 e. The van der Waals surface area contributed by atoms with E-state index in [2.05, 4.69) is 44.3 Å². The smallest absolute Gasteiger partial charge is 0.241 e. The van der Waals surface area contributed by atoms with Crippen LogP contribution in [0.15, 0.2) is 78.2 Å². The van der Waals surface area contributed by atoms with Crippen LogP contribution in [0.1, 0.15) is 12.0 Å². The molecule has 5 nitrogen and oxygen atoms in total. The number of pyridine rings is 1. The van der Waals surface area contributed by atoms with Gasteiger partial charge in [0.25, 0.3) is 0 Å². The number of fused-ring (bicyclic) bond motifs is 3. The molecule has 1 N–H and O–H groups in total. The molecule has 0 radical (unpaired) electrons. The molecular formula is C21H18N4O. The van der Waals surface area contributed by atoms with E-state index >= 15 is 0 Å². The molecule has 0 saturated heterocycles. The van der Waals surface area contributed by atoms with Crippen molar-refractivity contribution in [2.75, 3.05) is 0 Å². The third-order valence-corrected chi connectivity index (χ3v) is 4.35. The molecule has 128 valence electrons. The Kier molecular flexibility index (Phi) is 4.43. The molecule has 0 atom stereocenters. The van der Waals surface area contributed by atoms with Crippen LogP contribution in [0, 0.1) is 0 Å². The first-order valence-electron chi connectivity index (χ1n) is 8.51. The summed E-state index contributed by atoms with van der Waals surface area (Å²) in [4.78, 5) is 16.1. The normalized spacial score (nSPS) is 11.4. The van der Waals surface area contributed by atoms with E-state index in [-0.39, 0.29) is 5.91 Å². The zero-order chi connectivity index (χ0) is 17.8. The van der Waals surface area contributed by atoms with Gasteiger partial charge in [-0.15, -0.1) is 0 Å². The third-order valence-electron chi connectivity index (χ3n) is 4.35. The number of carbonyl (C=O) groups excluding carboxylic acids is 1. The Hall–Kier alpha value is -3.47. The minimum absolute atomic E-state index is 0.114. The van der Waals surface area contributed by atoms with Gasteiger partial charge in [0.05, 0.1) is 6.21 Å². The highest BCUT2D eigenvalue weighted by atomic mass is 16.2. The van der Waals surface area contributed by atoms with Gasteiger partial charge in [-0.05, 0) is 29.8 Å². The van der Waals surface area contributed by atoms with Crippen molar-refractivity contribution in [3.63, 3.8) is 0 Å². The zero-order valence-electron chi connectivity index (χ0n) is 14.2. The van der Waals surface area contributed by atoms with Crippen LogP contribution >= 0.6 is 0 Å². The number of hydrazone groups is 1. The second-order valence-electron chi connectivity index (χ2n) is 6.01. The van der Waals surface area contributed by atoms with Crippen LogP contribution in [0.3, 0.4) is 0 Å². The molecule has 4 rings (SSSR count). The van der Waals surface area contributed by atoms with E-state index in [4.69, 9.17) is 0 Å². The molecule has 1 amide bonds. The Morgan fingerprint density at radius 1 is 0.962 bits per heavy atom. The summed E-state index contributed by atoms with van der Waals surface area (Å²) in [5, 5.41) is 6.42. The molecule has 2 aromatic heterocycles. The molecular weight excluding hydrogens is 324 g/mol. The van der Waals surface area contributed by atoms with Gasteiger partial charge in [-0.3, -0.25) is 9.78 Å². The Balaban J connectivity index is 1.49. The second-order valence-corrected chi connectivity index (χ2v) is 6.01. The predicted octanol–water partition coefficient (Wildman–Crippen LogP) is 3.73. The van der Waals surface area contributed by atoms with Crippen molar-refractivity contribution in [2.24, 2.45) is 5.10 Å². The van der Waals surface area contributed by atoms with Crippen LogP contribution in [0.4, 0.5) is 0 Å². The van der Waals surface area contributed by atoms with E-state index in [1.54, 1.807) is 18.6 Å². The lowest BCUT2D eigenvalue weighted by molar-refractivity contribution is -0.121. The van der Waals surface area contributed by atoms with Crippen LogP contribution in [-0.4, -0.2) is 21.7 Å². The second kappa shape index (κ2) is 7.19. The Morgan fingerprint density at radius 3 is 2.23 bits per heavy atom. The summed E-state index contributed by atoms with van der Waals surface area (Å²) in [6.07, 6.45) is 5.34. The largest absolute Gasteiger partial charge is 0.340 e. The van der Waals surface area contributed by atoms with Gasteiger partial charge in [0.15, 0.2) is 0 Å². The standard InChI is InChI=1S/C21H18N4O/c26-21(24-23-15-16-9-12-22-13-10-16)11-14-25-19-7-3-1-5-17(19)18-6-2-4-8-20(18)25/h1-10,12-13,15H,11,14H2,(H,24,26)/b23-15+. The van der Waals surface area contributed by atoms with Crippen molar-refractivity contribution in [3.8, 4) is 0 Å². The molecule has 0 saturated carbocycles. The van der Waals surface area contributed by atoms with Crippen molar-refractivity contribution in [1.29, 1.82) is 0 Å². The average molecular weight is 342 g/mol. The number of benzene rings is 2. The molecule has 5 heteroatoms.